The van der Waals surface area contributed by atoms with E-state index in [0.29, 0.717) is 6.04 Å². The maximum absolute atomic E-state index is 11.5. The standard InChI is InChI=1S/C12H26N2OS/c1-5-12(4)10-14(11(3)9-13-12)7-8-16(15)6-2/h11,13H,5-10H2,1-4H3. The first kappa shape index (κ1) is 14.1. The quantitative estimate of drug-likeness (QED) is 0.791. The zero-order chi connectivity index (χ0) is 12.2. The summed E-state index contributed by atoms with van der Waals surface area (Å²) in [4.78, 5) is 2.48. The topological polar surface area (TPSA) is 32.3 Å². The van der Waals surface area contributed by atoms with Crippen LogP contribution in [0.1, 0.15) is 34.1 Å². The lowest BCUT2D eigenvalue weighted by Gasteiger charge is -2.45. The fourth-order valence-electron chi connectivity index (χ4n) is 2.08. The Hall–Kier alpha value is 0.0700. The molecular formula is C12H26N2OS. The molecule has 1 heterocycles. The summed E-state index contributed by atoms with van der Waals surface area (Å²) in [5.41, 5.74) is 0.236. The van der Waals surface area contributed by atoms with E-state index >= 15 is 0 Å². The Morgan fingerprint density at radius 1 is 1.50 bits per heavy atom. The molecular weight excluding hydrogens is 220 g/mol. The minimum Gasteiger partial charge on any atom is -0.309 e. The van der Waals surface area contributed by atoms with Gasteiger partial charge in [-0.2, -0.15) is 0 Å². The molecule has 0 amide bonds. The molecule has 0 bridgehead atoms. The smallest absolute Gasteiger partial charge is 0.0362 e. The summed E-state index contributed by atoms with van der Waals surface area (Å²) >= 11 is 0. The Labute approximate surface area is 102 Å². The van der Waals surface area contributed by atoms with Gasteiger partial charge in [0, 0.05) is 53.5 Å². The fourth-order valence-corrected chi connectivity index (χ4v) is 2.81. The van der Waals surface area contributed by atoms with Crippen LogP contribution in [0.3, 0.4) is 0 Å². The molecule has 1 aliphatic rings. The highest BCUT2D eigenvalue weighted by atomic mass is 32.2. The summed E-state index contributed by atoms with van der Waals surface area (Å²) in [6, 6.07) is 0.563. The molecule has 1 saturated heterocycles. The van der Waals surface area contributed by atoms with E-state index in [2.05, 4.69) is 31.0 Å². The predicted molar refractivity (Wildman–Crippen MR) is 71.3 cm³/mol. The number of rotatable bonds is 5. The molecule has 1 rings (SSSR count). The molecule has 0 aliphatic carbocycles. The van der Waals surface area contributed by atoms with E-state index in [4.69, 9.17) is 0 Å². The van der Waals surface area contributed by atoms with Crippen LogP contribution in [0.15, 0.2) is 0 Å². The zero-order valence-corrected chi connectivity index (χ0v) is 11.9. The Morgan fingerprint density at radius 3 is 2.75 bits per heavy atom. The highest BCUT2D eigenvalue weighted by Crippen LogP contribution is 2.18. The Bertz CT molecular complexity index is 247. The Kier molecular flexibility index (Phi) is 5.41. The van der Waals surface area contributed by atoms with Gasteiger partial charge in [0.05, 0.1) is 0 Å². The molecule has 1 aliphatic heterocycles. The van der Waals surface area contributed by atoms with Gasteiger partial charge < -0.3 is 5.32 Å². The van der Waals surface area contributed by atoms with Gasteiger partial charge in [-0.05, 0) is 20.3 Å². The summed E-state index contributed by atoms with van der Waals surface area (Å²) in [6.45, 7) is 11.8. The van der Waals surface area contributed by atoms with E-state index in [1.165, 1.54) is 0 Å². The molecule has 1 N–H and O–H groups in total. The number of hydrogen-bond donors (Lipinski definition) is 1. The van der Waals surface area contributed by atoms with Crippen molar-refractivity contribution in [3.05, 3.63) is 0 Å². The molecule has 0 radical (unpaired) electrons. The van der Waals surface area contributed by atoms with Crippen LogP contribution in [-0.2, 0) is 10.8 Å². The minimum atomic E-state index is -0.632. The molecule has 3 nitrogen and oxygen atoms in total. The predicted octanol–water partition coefficient (Wildman–Crippen LogP) is 1.22. The fraction of sp³-hybridized carbons (Fsp3) is 1.00. The van der Waals surface area contributed by atoms with Gasteiger partial charge in [0.15, 0.2) is 0 Å². The lowest BCUT2D eigenvalue weighted by atomic mass is 9.94. The van der Waals surface area contributed by atoms with Gasteiger partial charge in [0.2, 0.25) is 0 Å². The van der Waals surface area contributed by atoms with E-state index in [-0.39, 0.29) is 5.54 Å². The molecule has 16 heavy (non-hydrogen) atoms. The maximum Gasteiger partial charge on any atom is 0.0362 e. The van der Waals surface area contributed by atoms with Crippen molar-refractivity contribution < 1.29 is 4.21 Å². The van der Waals surface area contributed by atoms with Crippen molar-refractivity contribution >= 4 is 10.8 Å². The third kappa shape index (κ3) is 3.82. The van der Waals surface area contributed by atoms with Crippen LogP contribution >= 0.6 is 0 Å². The number of hydrogen-bond acceptors (Lipinski definition) is 3. The summed E-state index contributed by atoms with van der Waals surface area (Å²) in [5.74, 6) is 1.60. The Balaban J connectivity index is 2.47. The minimum absolute atomic E-state index is 0.236. The van der Waals surface area contributed by atoms with E-state index in [1.54, 1.807) is 0 Å². The third-order valence-electron chi connectivity index (χ3n) is 3.71. The number of piperazine rings is 1. The average Bonchev–Trinajstić information content (AvgIpc) is 2.30. The van der Waals surface area contributed by atoms with Crippen LogP contribution in [-0.4, -0.2) is 51.8 Å². The van der Waals surface area contributed by atoms with E-state index in [0.717, 1.165) is 37.6 Å². The normalized spacial score (nSPS) is 33.9. The van der Waals surface area contributed by atoms with Crippen molar-refractivity contribution in [2.75, 3.05) is 31.1 Å². The molecule has 0 spiro atoms. The molecule has 0 aromatic rings. The first-order valence-corrected chi connectivity index (χ1v) is 7.83. The van der Waals surface area contributed by atoms with Gasteiger partial charge in [-0.3, -0.25) is 9.11 Å². The molecule has 96 valence electrons. The second-order valence-corrected chi connectivity index (χ2v) is 6.91. The van der Waals surface area contributed by atoms with Gasteiger partial charge in [-0.15, -0.1) is 0 Å². The van der Waals surface area contributed by atoms with Crippen LogP contribution < -0.4 is 5.32 Å². The second-order valence-electron chi connectivity index (χ2n) is 5.05. The summed E-state index contributed by atoms with van der Waals surface area (Å²) in [7, 11) is -0.632. The number of nitrogens with one attached hydrogen (secondary N) is 1. The van der Waals surface area contributed by atoms with Crippen LogP contribution in [0.25, 0.3) is 0 Å². The summed E-state index contributed by atoms with van der Waals surface area (Å²) in [6.07, 6.45) is 1.15. The van der Waals surface area contributed by atoms with Gasteiger partial charge in [-0.1, -0.05) is 13.8 Å². The van der Waals surface area contributed by atoms with Crippen LogP contribution in [0.2, 0.25) is 0 Å². The van der Waals surface area contributed by atoms with Gasteiger partial charge in [-0.25, -0.2) is 0 Å². The van der Waals surface area contributed by atoms with Crippen LogP contribution in [0, 0.1) is 0 Å². The molecule has 4 heteroatoms. The van der Waals surface area contributed by atoms with Gasteiger partial charge in [0.25, 0.3) is 0 Å². The summed E-state index contributed by atoms with van der Waals surface area (Å²) < 4.78 is 11.5. The first-order chi connectivity index (χ1) is 7.50. The van der Waals surface area contributed by atoms with Crippen molar-refractivity contribution in [2.24, 2.45) is 0 Å². The van der Waals surface area contributed by atoms with Gasteiger partial charge in [0.1, 0.15) is 0 Å². The zero-order valence-electron chi connectivity index (χ0n) is 11.1. The highest BCUT2D eigenvalue weighted by Gasteiger charge is 2.32. The first-order valence-electron chi connectivity index (χ1n) is 6.35. The lowest BCUT2D eigenvalue weighted by Crippen LogP contribution is -2.62. The van der Waals surface area contributed by atoms with Gasteiger partial charge >= 0.3 is 0 Å². The third-order valence-corrected chi connectivity index (χ3v) is 4.99. The Morgan fingerprint density at radius 2 is 2.19 bits per heavy atom. The van der Waals surface area contributed by atoms with Crippen LogP contribution in [0.5, 0.6) is 0 Å². The van der Waals surface area contributed by atoms with E-state index in [1.807, 2.05) is 6.92 Å². The second kappa shape index (κ2) is 6.12. The molecule has 1 fully saturated rings. The molecule has 0 saturated carbocycles. The van der Waals surface area contributed by atoms with Crippen LogP contribution in [0.4, 0.5) is 0 Å². The molecule has 3 atom stereocenters. The molecule has 0 aromatic carbocycles. The van der Waals surface area contributed by atoms with Crippen molar-refractivity contribution in [3.63, 3.8) is 0 Å². The summed E-state index contributed by atoms with van der Waals surface area (Å²) in [5, 5.41) is 3.61. The molecule has 0 aromatic heterocycles. The van der Waals surface area contributed by atoms with Crippen molar-refractivity contribution in [1.29, 1.82) is 0 Å². The van der Waals surface area contributed by atoms with Crippen molar-refractivity contribution in [2.45, 2.75) is 45.7 Å². The molecule has 3 unspecified atom stereocenters. The SMILES string of the molecule is CCS(=O)CCN1CC(C)(CC)NCC1C. The lowest BCUT2D eigenvalue weighted by molar-refractivity contribution is 0.0995. The largest absolute Gasteiger partial charge is 0.309 e. The maximum atomic E-state index is 11.5. The van der Waals surface area contributed by atoms with E-state index in [9.17, 15) is 4.21 Å². The number of nitrogens with zero attached hydrogens (tertiary/aromatic N) is 1. The van der Waals surface area contributed by atoms with E-state index < -0.39 is 10.8 Å². The van der Waals surface area contributed by atoms with Crippen molar-refractivity contribution in [3.8, 4) is 0 Å². The van der Waals surface area contributed by atoms with Crippen molar-refractivity contribution in [1.82, 2.24) is 10.2 Å². The highest BCUT2D eigenvalue weighted by molar-refractivity contribution is 7.84. The monoisotopic (exact) mass is 246 g/mol. The average molecular weight is 246 g/mol.